The highest BCUT2D eigenvalue weighted by atomic mass is 79.9. The quantitative estimate of drug-likeness (QED) is 0.661. The molecular weight excluding hydrogens is 320 g/mol. The second-order valence-electron chi connectivity index (χ2n) is 4.90. The molecule has 0 atom stereocenters. The Morgan fingerprint density at radius 2 is 2.10 bits per heavy atom. The molecule has 1 fully saturated rings. The van der Waals surface area contributed by atoms with Gasteiger partial charge in [0.05, 0.1) is 4.47 Å². The molecule has 1 aliphatic rings. The number of nitrogen functional groups attached to an aromatic ring is 1. The van der Waals surface area contributed by atoms with Gasteiger partial charge in [-0.1, -0.05) is 6.07 Å². The molecule has 3 N–H and O–H groups in total. The molecular formula is C14H15BrN4O. The van der Waals surface area contributed by atoms with Gasteiger partial charge in [-0.3, -0.25) is 0 Å². The largest absolute Gasteiger partial charge is 0.438 e. The molecule has 6 heteroatoms. The van der Waals surface area contributed by atoms with Crippen LogP contribution in [0.25, 0.3) is 0 Å². The van der Waals surface area contributed by atoms with Crippen molar-refractivity contribution in [1.29, 1.82) is 0 Å². The Kier molecular flexibility index (Phi) is 3.58. The molecule has 1 aromatic heterocycles. The van der Waals surface area contributed by atoms with Crippen LogP contribution in [0.1, 0.15) is 30.1 Å². The molecule has 0 aliphatic heterocycles. The lowest BCUT2D eigenvalue weighted by atomic mass is 10.2. The van der Waals surface area contributed by atoms with Gasteiger partial charge in [0.25, 0.3) is 0 Å². The molecule has 1 saturated carbocycles. The predicted octanol–water partition coefficient (Wildman–Crippen LogP) is 3.50. The summed E-state index contributed by atoms with van der Waals surface area (Å²) in [6.07, 6.45) is 2.25. The van der Waals surface area contributed by atoms with Crippen molar-refractivity contribution in [2.45, 2.75) is 25.7 Å². The summed E-state index contributed by atoms with van der Waals surface area (Å²) < 4.78 is 6.73. The van der Waals surface area contributed by atoms with Gasteiger partial charge in [0.15, 0.2) is 0 Å². The number of ether oxygens (including phenoxy) is 1. The second-order valence-corrected chi connectivity index (χ2v) is 5.76. The van der Waals surface area contributed by atoms with Crippen LogP contribution in [0.3, 0.4) is 0 Å². The zero-order valence-electron chi connectivity index (χ0n) is 11.1. The van der Waals surface area contributed by atoms with Gasteiger partial charge in [0, 0.05) is 12.0 Å². The summed E-state index contributed by atoms with van der Waals surface area (Å²) in [6, 6.07) is 7.59. The van der Waals surface area contributed by atoms with Gasteiger partial charge in [-0.2, -0.15) is 4.98 Å². The molecule has 0 radical (unpaired) electrons. The number of hydrazine groups is 1. The number of nitrogens with one attached hydrogen (secondary N) is 1. The van der Waals surface area contributed by atoms with Gasteiger partial charge in [0.2, 0.25) is 5.88 Å². The molecule has 0 unspecified atom stereocenters. The predicted molar refractivity (Wildman–Crippen MR) is 80.8 cm³/mol. The van der Waals surface area contributed by atoms with Crippen molar-refractivity contribution < 1.29 is 4.74 Å². The van der Waals surface area contributed by atoms with Crippen molar-refractivity contribution in [2.75, 3.05) is 5.43 Å². The Morgan fingerprint density at radius 1 is 1.30 bits per heavy atom. The number of anilines is 1. The van der Waals surface area contributed by atoms with E-state index in [4.69, 9.17) is 10.6 Å². The molecule has 1 heterocycles. The number of rotatable bonds is 4. The Balaban J connectivity index is 1.91. The number of benzene rings is 1. The van der Waals surface area contributed by atoms with Crippen molar-refractivity contribution in [2.24, 2.45) is 5.84 Å². The van der Waals surface area contributed by atoms with Crippen LogP contribution < -0.4 is 16.0 Å². The zero-order valence-corrected chi connectivity index (χ0v) is 12.6. The number of aromatic nitrogens is 2. The van der Waals surface area contributed by atoms with Crippen molar-refractivity contribution >= 4 is 21.7 Å². The van der Waals surface area contributed by atoms with E-state index in [-0.39, 0.29) is 0 Å². The number of hydrogen-bond donors (Lipinski definition) is 2. The van der Waals surface area contributed by atoms with Crippen LogP contribution in [0, 0.1) is 6.92 Å². The van der Waals surface area contributed by atoms with Crippen molar-refractivity contribution in [3.05, 3.63) is 40.1 Å². The number of aryl methyl sites for hydroxylation is 1. The van der Waals surface area contributed by atoms with E-state index in [0.29, 0.717) is 17.6 Å². The van der Waals surface area contributed by atoms with Crippen LogP contribution in [-0.4, -0.2) is 9.97 Å². The average Bonchev–Trinajstić information content (AvgIpc) is 3.26. The van der Waals surface area contributed by atoms with E-state index in [1.54, 1.807) is 6.07 Å². The van der Waals surface area contributed by atoms with E-state index in [2.05, 4.69) is 31.3 Å². The normalized spacial score (nSPS) is 14.2. The third-order valence-corrected chi connectivity index (χ3v) is 3.73. The minimum absolute atomic E-state index is 0.437. The summed E-state index contributed by atoms with van der Waals surface area (Å²) in [4.78, 5) is 8.81. The molecule has 3 rings (SSSR count). The fourth-order valence-electron chi connectivity index (χ4n) is 1.89. The fourth-order valence-corrected chi connectivity index (χ4v) is 2.47. The van der Waals surface area contributed by atoms with Crippen LogP contribution in [0.2, 0.25) is 0 Å². The lowest BCUT2D eigenvalue weighted by molar-refractivity contribution is 0.456. The zero-order chi connectivity index (χ0) is 14.1. The van der Waals surface area contributed by atoms with Gasteiger partial charge in [-0.25, -0.2) is 10.8 Å². The van der Waals surface area contributed by atoms with E-state index in [0.717, 1.165) is 34.5 Å². The summed E-state index contributed by atoms with van der Waals surface area (Å²) >= 11 is 3.49. The van der Waals surface area contributed by atoms with Crippen molar-refractivity contribution in [3.63, 3.8) is 0 Å². The van der Waals surface area contributed by atoms with Crippen LogP contribution in [0.15, 0.2) is 28.7 Å². The molecule has 0 saturated heterocycles. The second kappa shape index (κ2) is 5.38. The maximum Gasteiger partial charge on any atom is 0.224 e. The van der Waals surface area contributed by atoms with Gasteiger partial charge in [-0.05, 0) is 53.4 Å². The summed E-state index contributed by atoms with van der Waals surface area (Å²) in [7, 11) is 0. The molecule has 0 spiro atoms. The Labute approximate surface area is 125 Å². The summed E-state index contributed by atoms with van der Waals surface area (Å²) in [5, 5.41) is 0. The minimum atomic E-state index is 0.437. The maximum atomic E-state index is 5.83. The first-order valence-electron chi connectivity index (χ1n) is 6.45. The highest BCUT2D eigenvalue weighted by Crippen LogP contribution is 2.39. The Hall–Kier alpha value is -1.66. The van der Waals surface area contributed by atoms with E-state index in [1.807, 2.05) is 25.1 Å². The summed E-state index contributed by atoms with van der Waals surface area (Å²) in [6.45, 7) is 2.03. The van der Waals surface area contributed by atoms with Crippen molar-refractivity contribution in [3.8, 4) is 11.6 Å². The molecule has 20 heavy (non-hydrogen) atoms. The first kappa shape index (κ1) is 13.3. The Bertz CT molecular complexity index is 643. The standard InChI is InChI=1S/C14H15BrN4O/c1-8-2-5-11(10(15)6-8)20-13-7-12(19-16)17-14(18-13)9-3-4-9/h2,5-7,9H,3-4,16H2,1H3,(H,17,18,19). The molecule has 104 valence electrons. The monoisotopic (exact) mass is 334 g/mol. The molecule has 5 nitrogen and oxygen atoms in total. The van der Waals surface area contributed by atoms with Crippen LogP contribution in [-0.2, 0) is 0 Å². The van der Waals surface area contributed by atoms with Crippen LogP contribution >= 0.6 is 15.9 Å². The van der Waals surface area contributed by atoms with Gasteiger partial charge in [0.1, 0.15) is 17.4 Å². The highest BCUT2D eigenvalue weighted by Gasteiger charge is 2.27. The number of hydrogen-bond acceptors (Lipinski definition) is 5. The Morgan fingerprint density at radius 3 is 2.75 bits per heavy atom. The fraction of sp³-hybridized carbons (Fsp3) is 0.286. The SMILES string of the molecule is Cc1ccc(Oc2cc(NN)nc(C3CC3)n2)c(Br)c1. The van der Waals surface area contributed by atoms with E-state index >= 15 is 0 Å². The summed E-state index contributed by atoms with van der Waals surface area (Å²) in [5.41, 5.74) is 3.72. The molecule has 2 aromatic rings. The lowest BCUT2D eigenvalue weighted by Gasteiger charge is -2.10. The number of nitrogens with two attached hydrogens (primary N) is 1. The van der Waals surface area contributed by atoms with E-state index in [9.17, 15) is 0 Å². The molecule has 1 aromatic carbocycles. The van der Waals surface area contributed by atoms with Gasteiger partial charge in [-0.15, -0.1) is 0 Å². The number of nitrogens with zero attached hydrogens (tertiary/aromatic N) is 2. The van der Waals surface area contributed by atoms with E-state index < -0.39 is 0 Å². The third-order valence-electron chi connectivity index (χ3n) is 3.11. The van der Waals surface area contributed by atoms with E-state index in [1.165, 1.54) is 0 Å². The first-order chi connectivity index (χ1) is 9.65. The highest BCUT2D eigenvalue weighted by molar-refractivity contribution is 9.10. The first-order valence-corrected chi connectivity index (χ1v) is 7.24. The molecule has 1 aliphatic carbocycles. The van der Waals surface area contributed by atoms with Crippen molar-refractivity contribution in [1.82, 2.24) is 9.97 Å². The molecule has 0 bridgehead atoms. The minimum Gasteiger partial charge on any atom is -0.438 e. The van der Waals surface area contributed by atoms with Crippen LogP contribution in [0.5, 0.6) is 11.6 Å². The molecule has 0 amide bonds. The number of halogens is 1. The van der Waals surface area contributed by atoms with Crippen LogP contribution in [0.4, 0.5) is 5.82 Å². The topological polar surface area (TPSA) is 73.1 Å². The van der Waals surface area contributed by atoms with Gasteiger partial charge >= 0.3 is 0 Å². The maximum absolute atomic E-state index is 5.83. The van der Waals surface area contributed by atoms with Gasteiger partial charge < -0.3 is 10.2 Å². The lowest BCUT2D eigenvalue weighted by Crippen LogP contribution is -2.10. The smallest absolute Gasteiger partial charge is 0.224 e. The summed E-state index contributed by atoms with van der Waals surface area (Å²) in [5.74, 6) is 8.46. The third kappa shape index (κ3) is 2.91. The average molecular weight is 335 g/mol.